The van der Waals surface area contributed by atoms with Gasteiger partial charge in [0.1, 0.15) is 17.5 Å². The van der Waals surface area contributed by atoms with Crippen LogP contribution in [0.1, 0.15) is 48.8 Å². The number of esters is 2. The van der Waals surface area contributed by atoms with Crippen LogP contribution in [0.5, 0.6) is 5.75 Å². The maximum absolute atomic E-state index is 14.9. The van der Waals surface area contributed by atoms with Crippen molar-refractivity contribution in [2.24, 2.45) is 11.7 Å². The zero-order valence-electron chi connectivity index (χ0n) is 25.8. The minimum Gasteiger partial charge on any atom is -0.497 e. The molecule has 8 nitrogen and oxygen atoms in total. The second-order valence-corrected chi connectivity index (χ2v) is 11.4. The maximum Gasteiger partial charge on any atom is 0.416 e. The predicted octanol–water partition coefficient (Wildman–Crippen LogP) is 6.89. The number of hydrogen-bond acceptors (Lipinski definition) is 8. The highest BCUT2D eigenvalue weighted by atomic mass is 35.5. The van der Waals surface area contributed by atoms with Crippen molar-refractivity contribution in [3.8, 4) is 5.75 Å². The van der Waals surface area contributed by atoms with Crippen LogP contribution in [0.2, 0.25) is 5.02 Å². The number of Topliss-reactive ketones (excluding diaryl/α,β-unsaturated/α-hetero) is 1. The molecule has 1 aliphatic heterocycles. The van der Waals surface area contributed by atoms with E-state index < -0.39 is 47.2 Å². The Morgan fingerprint density at radius 3 is 2.21 bits per heavy atom. The molecule has 0 amide bonds. The lowest BCUT2D eigenvalue weighted by molar-refractivity contribution is -0.152. The number of methoxy groups -OCH3 is 1. The quantitative estimate of drug-likeness (QED) is 0.204. The van der Waals surface area contributed by atoms with Gasteiger partial charge in [-0.05, 0) is 79.9 Å². The zero-order valence-corrected chi connectivity index (χ0v) is 26.5. The van der Waals surface area contributed by atoms with Gasteiger partial charge < -0.3 is 19.9 Å². The number of nitrogens with zero attached hydrogens (tertiary/aromatic N) is 1. The van der Waals surface area contributed by atoms with Crippen LogP contribution < -0.4 is 15.4 Å². The molecule has 2 aliphatic rings. The Bertz CT molecular complexity index is 1750. The summed E-state index contributed by atoms with van der Waals surface area (Å²) in [4.78, 5) is 43.5. The second-order valence-electron chi connectivity index (χ2n) is 10.9. The SMILES string of the molecule is CCOC(=O)C1=C(N)N(c2ccc(C(F)(F)F)cc2)C2=C(C(=O)[C@H](C(=O)OCC)[C@H](c3cccc(OC)c3)C2)[C@@H]1c1ccc(Cl)cc1. The summed E-state index contributed by atoms with van der Waals surface area (Å²) in [6, 6.07) is 17.6. The fourth-order valence-electron chi connectivity index (χ4n) is 6.21. The van der Waals surface area contributed by atoms with Gasteiger partial charge in [0.25, 0.3) is 0 Å². The van der Waals surface area contributed by atoms with Gasteiger partial charge in [-0.1, -0.05) is 35.9 Å². The van der Waals surface area contributed by atoms with Gasteiger partial charge in [0, 0.05) is 27.9 Å². The maximum atomic E-state index is 14.9. The van der Waals surface area contributed by atoms with Gasteiger partial charge in [0.2, 0.25) is 0 Å². The average molecular weight is 669 g/mol. The molecule has 0 unspecified atom stereocenters. The van der Waals surface area contributed by atoms with Crippen molar-refractivity contribution in [2.45, 2.75) is 38.3 Å². The van der Waals surface area contributed by atoms with Gasteiger partial charge in [-0.3, -0.25) is 14.5 Å². The molecule has 246 valence electrons. The highest BCUT2D eigenvalue weighted by Gasteiger charge is 2.51. The summed E-state index contributed by atoms with van der Waals surface area (Å²) in [6.07, 6.45) is -4.58. The van der Waals surface area contributed by atoms with Gasteiger partial charge in [0.05, 0.1) is 37.4 Å². The van der Waals surface area contributed by atoms with Crippen LogP contribution in [0, 0.1) is 5.92 Å². The molecular weight excluding hydrogens is 637 g/mol. The summed E-state index contributed by atoms with van der Waals surface area (Å²) in [5, 5.41) is 0.400. The first-order valence-corrected chi connectivity index (χ1v) is 15.3. The first-order chi connectivity index (χ1) is 22.4. The number of nitrogens with two attached hydrogens (primary N) is 1. The van der Waals surface area contributed by atoms with Crippen molar-refractivity contribution in [3.63, 3.8) is 0 Å². The topological polar surface area (TPSA) is 108 Å². The van der Waals surface area contributed by atoms with E-state index in [-0.39, 0.29) is 42.3 Å². The Kier molecular flexibility index (Phi) is 9.67. The van der Waals surface area contributed by atoms with E-state index >= 15 is 0 Å². The molecule has 2 N–H and O–H groups in total. The lowest BCUT2D eigenvalue weighted by Gasteiger charge is -2.44. The highest BCUT2D eigenvalue weighted by molar-refractivity contribution is 6.30. The van der Waals surface area contributed by atoms with Gasteiger partial charge in [-0.15, -0.1) is 0 Å². The fourth-order valence-corrected chi connectivity index (χ4v) is 6.33. The molecule has 12 heteroatoms. The number of hydrogen-bond donors (Lipinski definition) is 1. The van der Waals surface area contributed by atoms with Gasteiger partial charge >= 0.3 is 18.1 Å². The fraction of sp³-hybridized carbons (Fsp3) is 0.286. The van der Waals surface area contributed by atoms with Crippen molar-refractivity contribution in [1.29, 1.82) is 0 Å². The number of alkyl halides is 3. The zero-order chi connectivity index (χ0) is 34.0. The molecule has 1 aliphatic carbocycles. The summed E-state index contributed by atoms with van der Waals surface area (Å²) in [5.41, 5.74) is 7.41. The van der Waals surface area contributed by atoms with E-state index in [2.05, 4.69) is 0 Å². The van der Waals surface area contributed by atoms with Crippen LogP contribution in [-0.4, -0.2) is 38.0 Å². The van der Waals surface area contributed by atoms with E-state index in [0.717, 1.165) is 12.1 Å². The van der Waals surface area contributed by atoms with E-state index in [1.807, 2.05) is 0 Å². The summed E-state index contributed by atoms with van der Waals surface area (Å²) < 4.78 is 56.8. The lowest BCUT2D eigenvalue weighted by atomic mass is 9.67. The molecule has 1 heterocycles. The molecule has 3 atom stereocenters. The number of benzene rings is 3. The summed E-state index contributed by atoms with van der Waals surface area (Å²) >= 11 is 6.19. The van der Waals surface area contributed by atoms with Crippen LogP contribution >= 0.6 is 11.6 Å². The molecule has 0 aromatic heterocycles. The van der Waals surface area contributed by atoms with Crippen molar-refractivity contribution >= 4 is 35.0 Å². The Hall–Kier alpha value is -4.77. The molecule has 3 aromatic carbocycles. The first kappa shape index (κ1) is 33.6. The molecule has 5 rings (SSSR count). The van der Waals surface area contributed by atoms with Crippen LogP contribution in [0.15, 0.2) is 95.5 Å². The van der Waals surface area contributed by atoms with Gasteiger partial charge in [-0.25, -0.2) is 4.79 Å². The van der Waals surface area contributed by atoms with E-state index in [0.29, 0.717) is 27.6 Å². The third kappa shape index (κ3) is 6.44. The van der Waals surface area contributed by atoms with Crippen molar-refractivity contribution in [1.82, 2.24) is 0 Å². The van der Waals surface area contributed by atoms with Crippen molar-refractivity contribution in [2.75, 3.05) is 25.2 Å². The Morgan fingerprint density at radius 1 is 0.957 bits per heavy atom. The molecule has 3 aromatic rings. The van der Waals surface area contributed by atoms with Crippen LogP contribution in [0.4, 0.5) is 18.9 Å². The van der Waals surface area contributed by atoms with E-state index in [1.165, 1.54) is 24.1 Å². The Morgan fingerprint density at radius 2 is 1.62 bits per heavy atom. The molecular formula is C35H32ClF3N2O6. The molecule has 0 saturated heterocycles. The number of anilines is 1. The first-order valence-electron chi connectivity index (χ1n) is 14.9. The number of rotatable bonds is 8. The number of ketones is 1. The minimum absolute atomic E-state index is 0.0125. The molecule has 47 heavy (non-hydrogen) atoms. The third-order valence-corrected chi connectivity index (χ3v) is 8.50. The van der Waals surface area contributed by atoms with Crippen molar-refractivity contribution in [3.05, 3.63) is 117 Å². The summed E-state index contributed by atoms with van der Waals surface area (Å²) in [5.74, 6) is -5.05. The summed E-state index contributed by atoms with van der Waals surface area (Å²) in [7, 11) is 1.49. The summed E-state index contributed by atoms with van der Waals surface area (Å²) in [6.45, 7) is 3.22. The number of carbonyl (C=O) groups is 3. The van der Waals surface area contributed by atoms with Gasteiger partial charge in [0.15, 0.2) is 5.78 Å². The van der Waals surface area contributed by atoms with Crippen LogP contribution in [-0.2, 0) is 30.0 Å². The number of halogens is 4. The molecule has 0 spiro atoms. The van der Waals surface area contributed by atoms with E-state index in [1.54, 1.807) is 62.4 Å². The second kappa shape index (κ2) is 13.5. The average Bonchev–Trinajstić information content (AvgIpc) is 3.04. The van der Waals surface area contributed by atoms with Gasteiger partial charge in [-0.2, -0.15) is 13.2 Å². The minimum atomic E-state index is -4.60. The third-order valence-electron chi connectivity index (χ3n) is 8.25. The Labute approximate surface area is 274 Å². The normalized spacial score (nSPS) is 19.8. The van der Waals surface area contributed by atoms with Crippen LogP contribution in [0.25, 0.3) is 0 Å². The number of carbonyl (C=O) groups excluding carboxylic acids is 3. The number of ether oxygens (including phenoxy) is 3. The molecule has 0 saturated carbocycles. The lowest BCUT2D eigenvalue weighted by Crippen LogP contribution is -2.46. The number of allylic oxidation sites excluding steroid dienone is 2. The highest BCUT2D eigenvalue weighted by Crippen LogP contribution is 2.52. The van der Waals surface area contributed by atoms with Crippen LogP contribution in [0.3, 0.4) is 0 Å². The predicted molar refractivity (Wildman–Crippen MR) is 168 cm³/mol. The Balaban J connectivity index is 1.82. The molecule has 0 fully saturated rings. The molecule has 0 bridgehead atoms. The standard InChI is InChI=1S/C35H32ClF3N2O6/c1-4-46-33(43)28-25(20-7-6-8-24(17-20)45-3)18-26-29(31(28)42)27(19-9-13-22(36)14-10-19)30(34(44)47-5-2)32(40)41(26)23-15-11-21(12-16-23)35(37,38)39/h6-17,25,27-28H,4-5,18,40H2,1-3H3/t25-,27-,28+/m0/s1. The molecule has 0 radical (unpaired) electrons. The largest absolute Gasteiger partial charge is 0.497 e. The monoisotopic (exact) mass is 668 g/mol. The smallest absolute Gasteiger partial charge is 0.416 e. The van der Waals surface area contributed by atoms with E-state index in [9.17, 15) is 27.6 Å². The van der Waals surface area contributed by atoms with E-state index in [4.69, 9.17) is 31.5 Å². The van der Waals surface area contributed by atoms with Crippen molar-refractivity contribution < 1.29 is 41.8 Å².